The molecule has 78 valence electrons. The Balaban J connectivity index is 2.39. The van der Waals surface area contributed by atoms with E-state index >= 15 is 0 Å². The zero-order chi connectivity index (χ0) is 9.84. The summed E-state index contributed by atoms with van der Waals surface area (Å²) in [5.74, 6) is 0.647. The number of β-amino-alcohol motifs (C(OH)–C–C–N with tert-alkyl or cyclic N) is 1. The molecule has 1 aliphatic rings. The first-order valence-corrected chi connectivity index (χ1v) is 5.18. The maximum absolute atomic E-state index is 9.33. The largest absolute Gasteiger partial charge is 0.394 e. The van der Waals surface area contributed by atoms with Crippen LogP contribution >= 0.6 is 0 Å². The fourth-order valence-electron chi connectivity index (χ4n) is 2.16. The van der Waals surface area contributed by atoms with Gasteiger partial charge in [-0.3, -0.25) is 4.90 Å². The standard InChI is InChI=1S/C10H21NO2/c1-8(2)10-4-3-5-11(10)6-9(13)7-12/h8-10,12-13H,3-7H2,1-2H3. The van der Waals surface area contributed by atoms with Gasteiger partial charge in [0.1, 0.15) is 0 Å². The van der Waals surface area contributed by atoms with Gasteiger partial charge in [0, 0.05) is 12.6 Å². The Morgan fingerprint density at radius 2 is 2.15 bits per heavy atom. The molecule has 2 N–H and O–H groups in total. The van der Waals surface area contributed by atoms with Crippen LogP contribution in [0.1, 0.15) is 26.7 Å². The molecule has 1 heterocycles. The van der Waals surface area contributed by atoms with Crippen LogP contribution < -0.4 is 0 Å². The summed E-state index contributed by atoms with van der Waals surface area (Å²) in [6.07, 6.45) is 1.89. The van der Waals surface area contributed by atoms with Crippen molar-refractivity contribution in [2.24, 2.45) is 5.92 Å². The molecule has 0 aliphatic carbocycles. The first-order chi connectivity index (χ1) is 6.15. The SMILES string of the molecule is CC(C)C1CCCN1CC(O)CO. The van der Waals surface area contributed by atoms with Gasteiger partial charge >= 0.3 is 0 Å². The van der Waals surface area contributed by atoms with Crippen LogP contribution in [0.25, 0.3) is 0 Å². The van der Waals surface area contributed by atoms with E-state index in [1.807, 2.05) is 0 Å². The Morgan fingerprint density at radius 3 is 2.69 bits per heavy atom. The molecule has 3 heteroatoms. The normalized spacial score (nSPS) is 27.0. The van der Waals surface area contributed by atoms with Gasteiger partial charge in [0.25, 0.3) is 0 Å². The van der Waals surface area contributed by atoms with Crippen molar-refractivity contribution in [3.63, 3.8) is 0 Å². The number of aliphatic hydroxyl groups excluding tert-OH is 2. The molecule has 0 aromatic rings. The Hall–Kier alpha value is -0.120. The van der Waals surface area contributed by atoms with Gasteiger partial charge in [-0.15, -0.1) is 0 Å². The van der Waals surface area contributed by atoms with Crippen LogP contribution in [-0.4, -0.2) is 47.0 Å². The summed E-state index contributed by atoms with van der Waals surface area (Å²) >= 11 is 0. The third-order valence-corrected chi connectivity index (χ3v) is 2.84. The summed E-state index contributed by atoms with van der Waals surface area (Å²) in [4.78, 5) is 2.30. The fourth-order valence-corrected chi connectivity index (χ4v) is 2.16. The molecule has 0 amide bonds. The highest BCUT2D eigenvalue weighted by atomic mass is 16.3. The van der Waals surface area contributed by atoms with Crippen LogP contribution in [-0.2, 0) is 0 Å². The van der Waals surface area contributed by atoms with Crippen molar-refractivity contribution in [2.45, 2.75) is 38.8 Å². The predicted octanol–water partition coefficient (Wildman–Crippen LogP) is 0.460. The molecule has 1 fully saturated rings. The zero-order valence-corrected chi connectivity index (χ0v) is 8.61. The Kier molecular flexibility index (Phi) is 4.16. The van der Waals surface area contributed by atoms with Gasteiger partial charge in [-0.1, -0.05) is 13.8 Å². The molecule has 2 atom stereocenters. The minimum Gasteiger partial charge on any atom is -0.394 e. The van der Waals surface area contributed by atoms with E-state index in [0.29, 0.717) is 18.5 Å². The van der Waals surface area contributed by atoms with Gasteiger partial charge in [-0.25, -0.2) is 0 Å². The average Bonchev–Trinajstić information content (AvgIpc) is 2.52. The predicted molar refractivity (Wildman–Crippen MR) is 52.5 cm³/mol. The van der Waals surface area contributed by atoms with Gasteiger partial charge in [0.05, 0.1) is 12.7 Å². The molecule has 3 nitrogen and oxygen atoms in total. The maximum Gasteiger partial charge on any atom is 0.0897 e. The average molecular weight is 187 g/mol. The quantitative estimate of drug-likeness (QED) is 0.672. The van der Waals surface area contributed by atoms with E-state index in [2.05, 4.69) is 18.7 Å². The Bertz CT molecular complexity index is 150. The summed E-state index contributed by atoms with van der Waals surface area (Å²) in [7, 11) is 0. The van der Waals surface area contributed by atoms with Crippen molar-refractivity contribution in [1.29, 1.82) is 0 Å². The third kappa shape index (κ3) is 2.93. The first kappa shape index (κ1) is 11.0. The zero-order valence-electron chi connectivity index (χ0n) is 8.61. The van der Waals surface area contributed by atoms with Crippen molar-refractivity contribution >= 4 is 0 Å². The summed E-state index contributed by atoms with van der Waals surface area (Å²) < 4.78 is 0. The number of hydrogen-bond acceptors (Lipinski definition) is 3. The van der Waals surface area contributed by atoms with Crippen molar-refractivity contribution in [3.8, 4) is 0 Å². The number of nitrogens with zero attached hydrogens (tertiary/aromatic N) is 1. The molecule has 0 aromatic carbocycles. The summed E-state index contributed by atoms with van der Waals surface area (Å²) in [6, 6.07) is 0.598. The molecule has 0 aromatic heterocycles. The lowest BCUT2D eigenvalue weighted by Gasteiger charge is -2.28. The van der Waals surface area contributed by atoms with Crippen LogP contribution in [0.2, 0.25) is 0 Å². The van der Waals surface area contributed by atoms with E-state index in [-0.39, 0.29) is 6.61 Å². The molecule has 0 radical (unpaired) electrons. The van der Waals surface area contributed by atoms with E-state index in [1.165, 1.54) is 12.8 Å². The summed E-state index contributed by atoms with van der Waals surface area (Å²) in [6.45, 7) is 6.00. The second kappa shape index (κ2) is 4.94. The van der Waals surface area contributed by atoms with E-state index in [9.17, 15) is 5.11 Å². The van der Waals surface area contributed by atoms with Gasteiger partial charge in [-0.2, -0.15) is 0 Å². The van der Waals surface area contributed by atoms with Gasteiger partial charge in [0.2, 0.25) is 0 Å². The summed E-state index contributed by atoms with van der Waals surface area (Å²) in [5, 5.41) is 18.1. The van der Waals surface area contributed by atoms with Crippen LogP contribution in [0.5, 0.6) is 0 Å². The van der Waals surface area contributed by atoms with Crippen molar-refractivity contribution in [1.82, 2.24) is 4.90 Å². The van der Waals surface area contributed by atoms with Gasteiger partial charge in [-0.05, 0) is 25.3 Å². The molecule has 1 rings (SSSR count). The molecule has 1 aliphatic heterocycles. The van der Waals surface area contributed by atoms with Gasteiger partial charge in [0.15, 0.2) is 0 Å². The molecule has 0 saturated carbocycles. The van der Waals surface area contributed by atoms with E-state index < -0.39 is 6.10 Å². The summed E-state index contributed by atoms with van der Waals surface area (Å²) in [5.41, 5.74) is 0. The van der Waals surface area contributed by atoms with Crippen LogP contribution in [0, 0.1) is 5.92 Å². The van der Waals surface area contributed by atoms with Crippen molar-refractivity contribution in [3.05, 3.63) is 0 Å². The van der Waals surface area contributed by atoms with E-state index in [0.717, 1.165) is 6.54 Å². The minimum atomic E-state index is -0.570. The molecule has 2 unspecified atom stereocenters. The number of likely N-dealkylation sites (tertiary alicyclic amines) is 1. The van der Waals surface area contributed by atoms with E-state index in [1.54, 1.807) is 0 Å². The second-order valence-corrected chi connectivity index (χ2v) is 4.28. The van der Waals surface area contributed by atoms with Crippen LogP contribution in [0.4, 0.5) is 0 Å². The molecule has 0 spiro atoms. The number of aliphatic hydroxyl groups is 2. The number of rotatable bonds is 4. The first-order valence-electron chi connectivity index (χ1n) is 5.18. The number of hydrogen-bond donors (Lipinski definition) is 2. The molecular weight excluding hydrogens is 166 g/mol. The lowest BCUT2D eigenvalue weighted by Crippen LogP contribution is -2.40. The van der Waals surface area contributed by atoms with Gasteiger partial charge < -0.3 is 10.2 Å². The molecular formula is C10H21NO2. The van der Waals surface area contributed by atoms with E-state index in [4.69, 9.17) is 5.11 Å². The minimum absolute atomic E-state index is 0.124. The van der Waals surface area contributed by atoms with Crippen LogP contribution in [0.15, 0.2) is 0 Å². The molecule has 0 bridgehead atoms. The van der Waals surface area contributed by atoms with Crippen molar-refractivity contribution in [2.75, 3.05) is 19.7 Å². The fraction of sp³-hybridized carbons (Fsp3) is 1.00. The highest BCUT2D eigenvalue weighted by Gasteiger charge is 2.27. The Morgan fingerprint density at radius 1 is 1.46 bits per heavy atom. The van der Waals surface area contributed by atoms with Crippen molar-refractivity contribution < 1.29 is 10.2 Å². The molecule has 13 heavy (non-hydrogen) atoms. The lowest BCUT2D eigenvalue weighted by molar-refractivity contribution is 0.0491. The highest BCUT2D eigenvalue weighted by Crippen LogP contribution is 2.23. The topological polar surface area (TPSA) is 43.7 Å². The second-order valence-electron chi connectivity index (χ2n) is 4.28. The Labute approximate surface area is 80.4 Å². The maximum atomic E-state index is 9.33. The third-order valence-electron chi connectivity index (χ3n) is 2.84. The highest BCUT2D eigenvalue weighted by molar-refractivity contribution is 4.82. The smallest absolute Gasteiger partial charge is 0.0897 e. The molecule has 1 saturated heterocycles. The van der Waals surface area contributed by atoms with Crippen LogP contribution in [0.3, 0.4) is 0 Å². The lowest BCUT2D eigenvalue weighted by atomic mass is 10.0. The monoisotopic (exact) mass is 187 g/mol.